The molecule has 3 N–H and O–H groups in total. The molecule has 3 aromatic heterocycles. The van der Waals surface area contributed by atoms with Crippen LogP contribution >= 0.6 is 11.3 Å². The van der Waals surface area contributed by atoms with E-state index in [0.717, 1.165) is 49.3 Å². The summed E-state index contributed by atoms with van der Waals surface area (Å²) in [5.74, 6) is -0.0822. The SMILES string of the molecule is C=C(CN1Cc2c(-c3ccc4[nH]nc(-c5cccs5)c4c3)ccc(N)c2C1=O)c1ccnnc1. The first-order chi connectivity index (χ1) is 16.6. The second-order valence-corrected chi connectivity index (χ2v) is 9.21. The van der Waals surface area contributed by atoms with Crippen LogP contribution in [0, 0.1) is 0 Å². The first-order valence-electron chi connectivity index (χ1n) is 10.8. The summed E-state index contributed by atoms with van der Waals surface area (Å²) in [5, 5.41) is 18.5. The van der Waals surface area contributed by atoms with Crippen molar-refractivity contribution < 1.29 is 4.79 Å². The van der Waals surface area contributed by atoms with Gasteiger partial charge in [-0.2, -0.15) is 15.3 Å². The lowest BCUT2D eigenvalue weighted by Gasteiger charge is -2.17. The Balaban J connectivity index is 1.39. The van der Waals surface area contributed by atoms with Crippen molar-refractivity contribution in [2.24, 2.45) is 0 Å². The van der Waals surface area contributed by atoms with E-state index in [9.17, 15) is 4.79 Å². The van der Waals surface area contributed by atoms with E-state index < -0.39 is 0 Å². The van der Waals surface area contributed by atoms with E-state index in [0.29, 0.717) is 24.3 Å². The van der Waals surface area contributed by atoms with Gasteiger partial charge in [-0.1, -0.05) is 24.8 Å². The average Bonchev–Trinajstić information content (AvgIpc) is 3.59. The molecule has 2 aromatic carbocycles. The van der Waals surface area contributed by atoms with Crippen molar-refractivity contribution in [3.63, 3.8) is 0 Å². The number of aromatic amines is 1. The molecule has 4 heterocycles. The average molecular weight is 465 g/mol. The summed E-state index contributed by atoms with van der Waals surface area (Å²) in [4.78, 5) is 16.2. The van der Waals surface area contributed by atoms with Gasteiger partial charge in [0, 0.05) is 29.7 Å². The zero-order valence-corrected chi connectivity index (χ0v) is 19.0. The number of nitrogens with two attached hydrogens (primary N) is 1. The number of H-pyrrole nitrogens is 1. The number of carbonyl (C=O) groups is 1. The van der Waals surface area contributed by atoms with E-state index in [4.69, 9.17) is 5.73 Å². The summed E-state index contributed by atoms with van der Waals surface area (Å²) in [7, 11) is 0. The van der Waals surface area contributed by atoms with Gasteiger partial charge in [-0.25, -0.2) is 0 Å². The minimum Gasteiger partial charge on any atom is -0.398 e. The Labute approximate surface area is 199 Å². The molecule has 166 valence electrons. The lowest BCUT2D eigenvalue weighted by atomic mass is 9.94. The monoisotopic (exact) mass is 464 g/mol. The molecule has 34 heavy (non-hydrogen) atoms. The van der Waals surface area contributed by atoms with Gasteiger partial charge in [-0.3, -0.25) is 9.89 Å². The maximum absolute atomic E-state index is 13.3. The highest BCUT2D eigenvalue weighted by atomic mass is 32.1. The fourth-order valence-corrected chi connectivity index (χ4v) is 5.23. The van der Waals surface area contributed by atoms with Crippen LogP contribution < -0.4 is 5.73 Å². The number of thiophene rings is 1. The number of nitrogen functional groups attached to an aromatic ring is 1. The molecule has 0 unspecified atom stereocenters. The van der Waals surface area contributed by atoms with Gasteiger partial charge in [0.05, 0.1) is 28.4 Å². The highest BCUT2D eigenvalue weighted by Crippen LogP contribution is 2.39. The van der Waals surface area contributed by atoms with Crippen molar-refractivity contribution in [2.75, 3.05) is 12.3 Å². The fraction of sp³-hybridized carbons (Fsp3) is 0.0769. The molecule has 0 fully saturated rings. The Morgan fingerprint density at radius 1 is 1.18 bits per heavy atom. The van der Waals surface area contributed by atoms with Gasteiger partial charge >= 0.3 is 0 Å². The van der Waals surface area contributed by atoms with E-state index in [-0.39, 0.29) is 5.91 Å². The summed E-state index contributed by atoms with van der Waals surface area (Å²) >= 11 is 1.66. The second kappa shape index (κ2) is 7.93. The van der Waals surface area contributed by atoms with Crippen LogP contribution in [0.3, 0.4) is 0 Å². The first kappa shape index (κ1) is 20.3. The molecule has 6 rings (SSSR count). The van der Waals surface area contributed by atoms with Crippen LogP contribution in [0.5, 0.6) is 0 Å². The van der Waals surface area contributed by atoms with Crippen molar-refractivity contribution in [3.05, 3.63) is 89.6 Å². The Bertz CT molecular complexity index is 1560. The number of fused-ring (bicyclic) bond motifs is 2. The quantitative estimate of drug-likeness (QED) is 0.357. The molecule has 1 aliphatic heterocycles. The minimum absolute atomic E-state index is 0.0822. The minimum atomic E-state index is -0.0822. The number of nitrogens with zero attached hydrogens (tertiary/aromatic N) is 4. The van der Waals surface area contributed by atoms with Crippen molar-refractivity contribution in [1.82, 2.24) is 25.3 Å². The summed E-state index contributed by atoms with van der Waals surface area (Å²) in [6.45, 7) is 5.00. The van der Waals surface area contributed by atoms with Gasteiger partial charge in [0.15, 0.2) is 0 Å². The molecule has 5 aromatic rings. The zero-order valence-electron chi connectivity index (χ0n) is 18.2. The van der Waals surface area contributed by atoms with E-state index >= 15 is 0 Å². The standard InChI is InChI=1S/C26H20N6OS/c1-15(17-8-9-28-29-12-17)13-32-14-20-18(5-6-21(27)24(20)26(32)33)16-4-7-22-19(11-16)25(31-30-22)23-3-2-10-34-23/h2-12H,1,13-14,27H2,(H,30,31). The van der Waals surface area contributed by atoms with Gasteiger partial charge in [0.2, 0.25) is 0 Å². The molecule has 0 radical (unpaired) electrons. The lowest BCUT2D eigenvalue weighted by molar-refractivity contribution is 0.0800. The molecule has 1 amide bonds. The van der Waals surface area contributed by atoms with Crippen molar-refractivity contribution in [3.8, 4) is 21.7 Å². The number of carbonyl (C=O) groups excluding carboxylic acids is 1. The Kier molecular flexibility index (Phi) is 4.74. The molecule has 0 saturated carbocycles. The van der Waals surface area contributed by atoms with E-state index in [1.54, 1.807) is 28.6 Å². The number of benzene rings is 2. The normalized spacial score (nSPS) is 12.9. The molecule has 0 spiro atoms. The van der Waals surface area contributed by atoms with Gasteiger partial charge in [-0.15, -0.1) is 11.3 Å². The first-order valence-corrected chi connectivity index (χ1v) is 11.7. The van der Waals surface area contributed by atoms with E-state index in [1.807, 2.05) is 35.7 Å². The highest BCUT2D eigenvalue weighted by molar-refractivity contribution is 7.13. The molecule has 0 aliphatic carbocycles. The second-order valence-electron chi connectivity index (χ2n) is 8.26. The van der Waals surface area contributed by atoms with E-state index in [2.05, 4.69) is 45.2 Å². The summed E-state index contributed by atoms with van der Waals surface area (Å²) in [6, 6.07) is 16.0. The number of anilines is 1. The maximum Gasteiger partial charge on any atom is 0.256 e. The fourth-order valence-electron chi connectivity index (χ4n) is 4.51. The lowest BCUT2D eigenvalue weighted by Crippen LogP contribution is -2.26. The third kappa shape index (κ3) is 3.27. The Hall–Kier alpha value is -4.30. The number of nitrogens with one attached hydrogen (secondary N) is 1. The zero-order chi connectivity index (χ0) is 23.2. The molecular formula is C26H20N6OS. The van der Waals surface area contributed by atoms with Crippen molar-refractivity contribution >= 4 is 39.4 Å². The molecule has 0 saturated heterocycles. The summed E-state index contributed by atoms with van der Waals surface area (Å²) in [5.41, 5.74) is 13.9. The molecule has 7 nitrogen and oxygen atoms in total. The number of hydrogen-bond acceptors (Lipinski definition) is 6. The summed E-state index contributed by atoms with van der Waals surface area (Å²) in [6.07, 6.45) is 3.27. The van der Waals surface area contributed by atoms with Crippen LogP contribution in [-0.2, 0) is 6.54 Å². The summed E-state index contributed by atoms with van der Waals surface area (Å²) < 4.78 is 0. The smallest absolute Gasteiger partial charge is 0.256 e. The predicted octanol–water partition coefficient (Wildman–Crippen LogP) is 5.00. The van der Waals surface area contributed by atoms with E-state index in [1.165, 1.54) is 0 Å². The maximum atomic E-state index is 13.3. The number of amides is 1. The molecule has 0 atom stereocenters. The van der Waals surface area contributed by atoms with Crippen LogP contribution in [0.1, 0.15) is 21.5 Å². The van der Waals surface area contributed by atoms with Crippen LogP contribution in [0.25, 0.3) is 38.2 Å². The van der Waals surface area contributed by atoms with Crippen molar-refractivity contribution in [1.29, 1.82) is 0 Å². The molecule has 8 heteroatoms. The predicted molar refractivity (Wildman–Crippen MR) is 135 cm³/mol. The largest absolute Gasteiger partial charge is 0.398 e. The molecule has 0 bridgehead atoms. The highest BCUT2D eigenvalue weighted by Gasteiger charge is 2.32. The third-order valence-electron chi connectivity index (χ3n) is 6.20. The number of aromatic nitrogens is 4. The van der Waals surface area contributed by atoms with Crippen molar-refractivity contribution in [2.45, 2.75) is 6.54 Å². The van der Waals surface area contributed by atoms with Gasteiger partial charge < -0.3 is 10.6 Å². The van der Waals surface area contributed by atoms with Gasteiger partial charge in [0.1, 0.15) is 5.69 Å². The molecule has 1 aliphatic rings. The van der Waals surface area contributed by atoms with Crippen LogP contribution in [0.2, 0.25) is 0 Å². The van der Waals surface area contributed by atoms with Gasteiger partial charge in [0.25, 0.3) is 5.91 Å². The van der Waals surface area contributed by atoms with Gasteiger partial charge in [-0.05, 0) is 58.0 Å². The van der Waals surface area contributed by atoms with Crippen LogP contribution in [0.15, 0.2) is 72.9 Å². The Morgan fingerprint density at radius 3 is 2.88 bits per heavy atom. The Morgan fingerprint density at radius 2 is 2.09 bits per heavy atom. The number of rotatable bonds is 5. The molecular weight excluding hydrogens is 444 g/mol. The number of hydrogen-bond donors (Lipinski definition) is 2. The third-order valence-corrected chi connectivity index (χ3v) is 7.07. The van der Waals surface area contributed by atoms with Crippen LogP contribution in [0.4, 0.5) is 5.69 Å². The van der Waals surface area contributed by atoms with Crippen LogP contribution in [-0.4, -0.2) is 37.7 Å². The topological polar surface area (TPSA) is 101 Å².